The predicted molar refractivity (Wildman–Crippen MR) is 93.9 cm³/mol. The highest BCUT2D eigenvalue weighted by Crippen LogP contribution is 2.25. The van der Waals surface area contributed by atoms with Crippen LogP contribution in [0.5, 0.6) is 5.75 Å². The Labute approximate surface area is 152 Å². The molecule has 0 aliphatic rings. The van der Waals surface area contributed by atoms with E-state index in [4.69, 9.17) is 20.8 Å². The quantitative estimate of drug-likeness (QED) is 0.453. The standard InChI is InChI=1S/C16H14ClFN4O2S/c1-2-25-16-21-19-10-22(16)20-8-12-4-5-13(24-12)9-23-15-6-3-11(18)7-14(15)17/h3-8,10H,2,9H2,1H3/b20-8-. The fourth-order valence-electron chi connectivity index (χ4n) is 1.92. The van der Waals surface area contributed by atoms with Crippen molar-refractivity contribution in [1.82, 2.24) is 14.9 Å². The molecule has 0 bridgehead atoms. The molecule has 1 aromatic carbocycles. The van der Waals surface area contributed by atoms with E-state index >= 15 is 0 Å². The van der Waals surface area contributed by atoms with Crippen molar-refractivity contribution in [3.05, 3.63) is 59.0 Å². The maximum absolute atomic E-state index is 13.0. The van der Waals surface area contributed by atoms with Gasteiger partial charge in [-0.15, -0.1) is 10.2 Å². The van der Waals surface area contributed by atoms with E-state index < -0.39 is 5.82 Å². The number of benzene rings is 1. The second kappa shape index (κ2) is 8.17. The van der Waals surface area contributed by atoms with Crippen molar-refractivity contribution in [2.24, 2.45) is 5.10 Å². The molecular formula is C16H14ClFN4O2S. The van der Waals surface area contributed by atoms with Crippen LogP contribution in [0.3, 0.4) is 0 Å². The van der Waals surface area contributed by atoms with Crippen LogP contribution in [0.15, 0.2) is 51.3 Å². The van der Waals surface area contributed by atoms with Gasteiger partial charge in [-0.05, 0) is 36.1 Å². The Morgan fingerprint density at radius 3 is 3.08 bits per heavy atom. The lowest BCUT2D eigenvalue weighted by Gasteiger charge is -2.05. The number of aromatic nitrogens is 3. The summed E-state index contributed by atoms with van der Waals surface area (Å²) in [6.07, 6.45) is 3.09. The molecule has 0 saturated carbocycles. The largest absolute Gasteiger partial charge is 0.484 e. The average Bonchev–Trinajstić information content (AvgIpc) is 3.22. The second-order valence-electron chi connectivity index (χ2n) is 4.80. The molecule has 3 rings (SSSR count). The molecular weight excluding hydrogens is 367 g/mol. The van der Waals surface area contributed by atoms with Crippen LogP contribution in [-0.4, -0.2) is 26.8 Å². The van der Waals surface area contributed by atoms with Crippen LogP contribution in [0, 0.1) is 5.82 Å². The van der Waals surface area contributed by atoms with E-state index in [0.29, 0.717) is 22.4 Å². The summed E-state index contributed by atoms with van der Waals surface area (Å²) >= 11 is 7.46. The number of hydrogen-bond acceptors (Lipinski definition) is 6. The molecule has 0 atom stereocenters. The van der Waals surface area contributed by atoms with E-state index in [1.807, 2.05) is 6.92 Å². The zero-order valence-corrected chi connectivity index (χ0v) is 14.8. The van der Waals surface area contributed by atoms with Gasteiger partial charge in [0.25, 0.3) is 0 Å². The van der Waals surface area contributed by atoms with Gasteiger partial charge in [-0.2, -0.15) is 9.78 Å². The van der Waals surface area contributed by atoms with Gasteiger partial charge in [0.05, 0.1) is 11.2 Å². The van der Waals surface area contributed by atoms with Gasteiger partial charge in [-0.25, -0.2) is 4.39 Å². The normalized spacial score (nSPS) is 11.3. The number of ether oxygens (including phenoxy) is 1. The molecule has 0 saturated heterocycles. The minimum Gasteiger partial charge on any atom is -0.484 e. The van der Waals surface area contributed by atoms with Crippen molar-refractivity contribution >= 4 is 29.6 Å². The number of halogens is 2. The lowest BCUT2D eigenvalue weighted by atomic mass is 10.3. The molecule has 0 spiro atoms. The summed E-state index contributed by atoms with van der Waals surface area (Å²) in [5, 5.41) is 13.0. The Morgan fingerprint density at radius 1 is 1.40 bits per heavy atom. The van der Waals surface area contributed by atoms with E-state index in [1.54, 1.807) is 34.8 Å². The first kappa shape index (κ1) is 17.5. The van der Waals surface area contributed by atoms with Gasteiger partial charge in [0, 0.05) is 0 Å². The van der Waals surface area contributed by atoms with E-state index in [9.17, 15) is 4.39 Å². The smallest absolute Gasteiger partial charge is 0.211 e. The van der Waals surface area contributed by atoms with E-state index in [0.717, 1.165) is 5.75 Å². The van der Waals surface area contributed by atoms with Crippen molar-refractivity contribution < 1.29 is 13.5 Å². The van der Waals surface area contributed by atoms with E-state index in [1.165, 1.54) is 24.5 Å². The highest BCUT2D eigenvalue weighted by atomic mass is 35.5. The van der Waals surface area contributed by atoms with Crippen molar-refractivity contribution in [2.75, 3.05) is 5.75 Å². The molecule has 0 radical (unpaired) electrons. The molecule has 2 heterocycles. The minimum absolute atomic E-state index is 0.169. The molecule has 0 N–H and O–H groups in total. The third kappa shape index (κ3) is 4.61. The van der Waals surface area contributed by atoms with Crippen LogP contribution in [0.2, 0.25) is 5.02 Å². The van der Waals surface area contributed by atoms with E-state index in [2.05, 4.69) is 15.3 Å². The summed E-state index contributed by atoms with van der Waals surface area (Å²) in [4.78, 5) is 0. The molecule has 3 aromatic rings. The van der Waals surface area contributed by atoms with Crippen LogP contribution in [0.1, 0.15) is 18.4 Å². The first-order valence-corrected chi connectivity index (χ1v) is 8.76. The topological polar surface area (TPSA) is 65.4 Å². The molecule has 0 aliphatic heterocycles. The lowest BCUT2D eigenvalue weighted by molar-refractivity contribution is 0.269. The summed E-state index contributed by atoms with van der Waals surface area (Å²) in [5.74, 6) is 2.00. The SMILES string of the molecule is CCSc1nncn1/N=C\c1ccc(COc2ccc(F)cc2Cl)o1. The number of nitrogens with zero attached hydrogens (tertiary/aromatic N) is 4. The molecule has 6 nitrogen and oxygen atoms in total. The van der Waals surface area contributed by atoms with Gasteiger partial charge in [-0.1, -0.05) is 30.3 Å². The van der Waals surface area contributed by atoms with Crippen LogP contribution in [-0.2, 0) is 6.61 Å². The molecule has 0 amide bonds. The first-order chi connectivity index (χ1) is 12.2. The summed E-state index contributed by atoms with van der Waals surface area (Å²) in [6.45, 7) is 2.20. The van der Waals surface area contributed by atoms with Crippen LogP contribution in [0.4, 0.5) is 4.39 Å². The van der Waals surface area contributed by atoms with Gasteiger partial charge in [-0.3, -0.25) is 0 Å². The molecule has 2 aromatic heterocycles. The van der Waals surface area contributed by atoms with Gasteiger partial charge >= 0.3 is 0 Å². The molecule has 0 fully saturated rings. The summed E-state index contributed by atoms with van der Waals surface area (Å²) in [5.41, 5.74) is 0. The Hall–Kier alpha value is -2.32. The van der Waals surface area contributed by atoms with Crippen LogP contribution >= 0.6 is 23.4 Å². The summed E-state index contributed by atoms with van der Waals surface area (Å²) in [7, 11) is 0. The van der Waals surface area contributed by atoms with Gasteiger partial charge in [0.2, 0.25) is 5.16 Å². The Bertz CT molecular complexity index is 881. The third-order valence-corrected chi connectivity index (χ3v) is 4.14. The molecule has 0 aliphatic carbocycles. The van der Waals surface area contributed by atoms with Crippen LogP contribution in [0.25, 0.3) is 0 Å². The van der Waals surface area contributed by atoms with Gasteiger partial charge in [0.15, 0.2) is 0 Å². The molecule has 25 heavy (non-hydrogen) atoms. The number of hydrogen-bond donors (Lipinski definition) is 0. The number of rotatable bonds is 7. The fourth-order valence-corrected chi connectivity index (χ4v) is 2.74. The average molecular weight is 381 g/mol. The van der Waals surface area contributed by atoms with Crippen molar-refractivity contribution in [1.29, 1.82) is 0 Å². The fraction of sp³-hybridized carbons (Fsp3) is 0.188. The number of furan rings is 1. The molecule has 9 heteroatoms. The Kier molecular flexibility index (Phi) is 5.72. The highest BCUT2D eigenvalue weighted by Gasteiger charge is 2.06. The van der Waals surface area contributed by atoms with E-state index in [-0.39, 0.29) is 11.6 Å². The van der Waals surface area contributed by atoms with Crippen molar-refractivity contribution in [3.8, 4) is 5.75 Å². The van der Waals surface area contributed by atoms with Gasteiger partial charge in [0.1, 0.15) is 36.0 Å². The maximum atomic E-state index is 13.0. The van der Waals surface area contributed by atoms with Crippen LogP contribution < -0.4 is 4.74 Å². The Balaban J connectivity index is 1.62. The molecule has 0 unspecified atom stereocenters. The lowest BCUT2D eigenvalue weighted by Crippen LogP contribution is -1.95. The Morgan fingerprint density at radius 2 is 2.28 bits per heavy atom. The molecule has 130 valence electrons. The third-order valence-electron chi connectivity index (χ3n) is 3.03. The summed E-state index contributed by atoms with van der Waals surface area (Å²) < 4.78 is 25.7. The van der Waals surface area contributed by atoms with Crippen molar-refractivity contribution in [3.63, 3.8) is 0 Å². The minimum atomic E-state index is -0.413. The maximum Gasteiger partial charge on any atom is 0.211 e. The monoisotopic (exact) mass is 380 g/mol. The highest BCUT2D eigenvalue weighted by molar-refractivity contribution is 7.99. The first-order valence-electron chi connectivity index (χ1n) is 7.39. The van der Waals surface area contributed by atoms with Gasteiger partial charge < -0.3 is 9.15 Å². The second-order valence-corrected chi connectivity index (χ2v) is 6.44. The summed E-state index contributed by atoms with van der Waals surface area (Å²) in [6, 6.07) is 7.49. The number of thioether (sulfide) groups is 1. The zero-order valence-electron chi connectivity index (χ0n) is 13.2. The zero-order chi connectivity index (χ0) is 17.6. The van der Waals surface area contributed by atoms with Crippen molar-refractivity contribution in [2.45, 2.75) is 18.7 Å². The predicted octanol–water partition coefficient (Wildman–Crippen LogP) is 4.24.